The molecule has 0 amide bonds. The summed E-state index contributed by atoms with van der Waals surface area (Å²) in [4.78, 5) is 0. The van der Waals surface area contributed by atoms with Crippen LogP contribution < -0.4 is 15.2 Å². The zero-order valence-corrected chi connectivity index (χ0v) is 10.4. The lowest BCUT2D eigenvalue weighted by Gasteiger charge is -2.23. The Labute approximate surface area is 103 Å². The number of hydrogen-bond acceptors (Lipinski definition) is 3. The lowest BCUT2D eigenvalue weighted by molar-refractivity contribution is 0.162. The third-order valence-corrected chi connectivity index (χ3v) is 3.33. The fraction of sp³-hybridized carbons (Fsp3) is 0.571. The Morgan fingerprint density at radius 2 is 1.88 bits per heavy atom. The second-order valence-corrected chi connectivity index (χ2v) is 4.64. The first-order chi connectivity index (χ1) is 8.29. The molecule has 17 heavy (non-hydrogen) atoms. The average Bonchev–Trinajstić information content (AvgIpc) is 2.55. The number of hydrogen-bond donors (Lipinski definition) is 1. The molecule has 94 valence electrons. The fourth-order valence-corrected chi connectivity index (χ4v) is 2.30. The van der Waals surface area contributed by atoms with Crippen molar-refractivity contribution in [1.82, 2.24) is 0 Å². The highest BCUT2D eigenvalue weighted by Gasteiger charge is 2.21. The molecule has 3 nitrogen and oxygen atoms in total. The van der Waals surface area contributed by atoms with E-state index >= 15 is 0 Å². The molecule has 1 saturated carbocycles. The first-order valence-corrected chi connectivity index (χ1v) is 6.36. The van der Waals surface area contributed by atoms with Crippen LogP contribution in [0.3, 0.4) is 0 Å². The van der Waals surface area contributed by atoms with Gasteiger partial charge in [-0.1, -0.05) is 18.9 Å². The Morgan fingerprint density at radius 1 is 1.12 bits per heavy atom. The maximum Gasteiger partial charge on any atom is 0.123 e. The molecule has 1 fully saturated rings. The summed E-state index contributed by atoms with van der Waals surface area (Å²) in [5.74, 6) is 1.68. The Balaban J connectivity index is 2.02. The number of benzene rings is 1. The normalized spacial score (nSPS) is 25.1. The monoisotopic (exact) mass is 235 g/mol. The molecular weight excluding hydrogens is 214 g/mol. The molecule has 0 aromatic heterocycles. The van der Waals surface area contributed by atoms with Crippen molar-refractivity contribution in [3.63, 3.8) is 0 Å². The fourth-order valence-electron chi connectivity index (χ4n) is 2.30. The van der Waals surface area contributed by atoms with E-state index in [1.54, 1.807) is 7.11 Å². The molecule has 0 spiro atoms. The van der Waals surface area contributed by atoms with E-state index < -0.39 is 0 Å². The third kappa shape index (κ3) is 3.37. The van der Waals surface area contributed by atoms with Crippen LogP contribution in [0.25, 0.3) is 0 Å². The van der Waals surface area contributed by atoms with Gasteiger partial charge in [0.15, 0.2) is 0 Å². The highest BCUT2D eigenvalue weighted by molar-refractivity contribution is 5.33. The lowest BCUT2D eigenvalue weighted by Crippen LogP contribution is -2.37. The van der Waals surface area contributed by atoms with E-state index in [1.165, 1.54) is 19.3 Å². The summed E-state index contributed by atoms with van der Waals surface area (Å²) in [6.45, 7) is 0. The molecule has 0 saturated heterocycles. The van der Waals surface area contributed by atoms with Crippen LogP contribution in [0.15, 0.2) is 24.3 Å². The van der Waals surface area contributed by atoms with Gasteiger partial charge < -0.3 is 15.2 Å². The van der Waals surface area contributed by atoms with E-state index in [1.807, 2.05) is 24.3 Å². The van der Waals surface area contributed by atoms with E-state index in [0.29, 0.717) is 0 Å². The maximum absolute atomic E-state index is 6.14. The molecule has 0 radical (unpaired) electrons. The minimum atomic E-state index is 0.143. The Kier molecular flexibility index (Phi) is 4.26. The SMILES string of the molecule is COc1cccc(O[C@@H]2CCCCC[C@@H]2N)c1. The quantitative estimate of drug-likeness (QED) is 0.819. The summed E-state index contributed by atoms with van der Waals surface area (Å²) in [5.41, 5.74) is 6.14. The van der Waals surface area contributed by atoms with E-state index in [-0.39, 0.29) is 12.1 Å². The van der Waals surface area contributed by atoms with Gasteiger partial charge in [0.25, 0.3) is 0 Å². The molecule has 1 aliphatic carbocycles. The summed E-state index contributed by atoms with van der Waals surface area (Å²) >= 11 is 0. The average molecular weight is 235 g/mol. The van der Waals surface area contributed by atoms with Crippen LogP contribution in [0.2, 0.25) is 0 Å². The zero-order chi connectivity index (χ0) is 12.1. The van der Waals surface area contributed by atoms with Crippen LogP contribution in [0.4, 0.5) is 0 Å². The van der Waals surface area contributed by atoms with Crippen LogP contribution in [0, 0.1) is 0 Å². The molecular formula is C14H21NO2. The molecule has 0 bridgehead atoms. The van der Waals surface area contributed by atoms with Crippen molar-refractivity contribution < 1.29 is 9.47 Å². The first kappa shape index (κ1) is 12.2. The Morgan fingerprint density at radius 3 is 2.71 bits per heavy atom. The van der Waals surface area contributed by atoms with Crippen molar-refractivity contribution in [3.8, 4) is 11.5 Å². The lowest BCUT2D eigenvalue weighted by atomic mass is 10.1. The van der Waals surface area contributed by atoms with E-state index in [0.717, 1.165) is 24.3 Å². The van der Waals surface area contributed by atoms with Crippen LogP contribution >= 0.6 is 0 Å². The van der Waals surface area contributed by atoms with Gasteiger partial charge >= 0.3 is 0 Å². The van der Waals surface area contributed by atoms with Crippen LogP contribution in [0.1, 0.15) is 32.1 Å². The number of methoxy groups -OCH3 is 1. The number of nitrogens with two attached hydrogens (primary N) is 1. The van der Waals surface area contributed by atoms with Crippen LogP contribution in [-0.2, 0) is 0 Å². The van der Waals surface area contributed by atoms with E-state index in [9.17, 15) is 0 Å². The van der Waals surface area contributed by atoms with Crippen molar-refractivity contribution >= 4 is 0 Å². The predicted molar refractivity (Wildman–Crippen MR) is 68.5 cm³/mol. The van der Waals surface area contributed by atoms with Crippen molar-refractivity contribution in [3.05, 3.63) is 24.3 Å². The van der Waals surface area contributed by atoms with Crippen LogP contribution in [0.5, 0.6) is 11.5 Å². The van der Waals surface area contributed by atoms with Gasteiger partial charge in [0, 0.05) is 12.1 Å². The van der Waals surface area contributed by atoms with Gasteiger partial charge in [-0.2, -0.15) is 0 Å². The topological polar surface area (TPSA) is 44.5 Å². The van der Waals surface area contributed by atoms with E-state index in [4.69, 9.17) is 15.2 Å². The molecule has 2 rings (SSSR count). The summed E-state index contributed by atoms with van der Waals surface area (Å²) in [7, 11) is 1.66. The molecule has 1 aliphatic rings. The summed E-state index contributed by atoms with van der Waals surface area (Å²) in [6.07, 6.45) is 5.96. The maximum atomic E-state index is 6.14. The molecule has 2 N–H and O–H groups in total. The number of rotatable bonds is 3. The molecule has 3 heteroatoms. The first-order valence-electron chi connectivity index (χ1n) is 6.36. The van der Waals surface area contributed by atoms with Gasteiger partial charge in [0.05, 0.1) is 7.11 Å². The summed E-state index contributed by atoms with van der Waals surface area (Å²) in [5, 5.41) is 0. The highest BCUT2D eigenvalue weighted by atomic mass is 16.5. The van der Waals surface area contributed by atoms with Gasteiger partial charge in [-0.05, 0) is 31.4 Å². The Bertz CT molecular complexity index is 354. The summed E-state index contributed by atoms with van der Waals surface area (Å²) in [6, 6.07) is 7.89. The molecule has 0 unspecified atom stereocenters. The van der Waals surface area contributed by atoms with Gasteiger partial charge in [0.1, 0.15) is 17.6 Å². The summed E-state index contributed by atoms with van der Waals surface area (Å²) < 4.78 is 11.2. The second kappa shape index (κ2) is 5.92. The molecule has 0 heterocycles. The minimum Gasteiger partial charge on any atom is -0.497 e. The van der Waals surface area contributed by atoms with Crippen molar-refractivity contribution in [2.75, 3.05) is 7.11 Å². The standard InChI is InChI=1S/C14H21NO2/c1-16-11-6-5-7-12(10-11)17-14-9-4-2-3-8-13(14)15/h5-7,10,13-14H,2-4,8-9,15H2,1H3/t13-,14+/m0/s1. The molecule has 1 aromatic carbocycles. The second-order valence-electron chi connectivity index (χ2n) is 4.64. The van der Waals surface area contributed by atoms with Crippen LogP contribution in [-0.4, -0.2) is 19.3 Å². The predicted octanol–water partition coefficient (Wildman–Crippen LogP) is 2.73. The van der Waals surface area contributed by atoms with Gasteiger partial charge in [-0.3, -0.25) is 0 Å². The highest BCUT2D eigenvalue weighted by Crippen LogP contribution is 2.24. The molecule has 0 aliphatic heterocycles. The van der Waals surface area contributed by atoms with Gasteiger partial charge in [0.2, 0.25) is 0 Å². The third-order valence-electron chi connectivity index (χ3n) is 3.33. The number of ether oxygens (including phenoxy) is 2. The Hall–Kier alpha value is -1.22. The smallest absolute Gasteiger partial charge is 0.123 e. The molecule has 2 atom stereocenters. The zero-order valence-electron chi connectivity index (χ0n) is 10.4. The van der Waals surface area contributed by atoms with Crippen molar-refractivity contribution in [2.24, 2.45) is 5.73 Å². The van der Waals surface area contributed by atoms with Gasteiger partial charge in [-0.25, -0.2) is 0 Å². The van der Waals surface area contributed by atoms with Gasteiger partial charge in [-0.15, -0.1) is 0 Å². The van der Waals surface area contributed by atoms with Crippen molar-refractivity contribution in [1.29, 1.82) is 0 Å². The van der Waals surface area contributed by atoms with Crippen molar-refractivity contribution in [2.45, 2.75) is 44.2 Å². The molecule has 1 aromatic rings. The largest absolute Gasteiger partial charge is 0.497 e. The minimum absolute atomic E-state index is 0.143. The van der Waals surface area contributed by atoms with E-state index in [2.05, 4.69) is 0 Å².